The van der Waals surface area contributed by atoms with E-state index in [-0.39, 0.29) is 0 Å². The first-order valence-electron chi connectivity index (χ1n) is 6.19. The first kappa shape index (κ1) is 11.9. The Kier molecular flexibility index (Phi) is 3.48. The maximum absolute atomic E-state index is 5.06. The third kappa shape index (κ3) is 2.65. The summed E-state index contributed by atoms with van der Waals surface area (Å²) >= 11 is 3.52. The van der Waals surface area contributed by atoms with E-state index >= 15 is 0 Å². The maximum atomic E-state index is 5.06. The lowest BCUT2D eigenvalue weighted by molar-refractivity contribution is 0.274. The van der Waals surface area contributed by atoms with E-state index in [1.54, 1.807) is 6.20 Å². The molecule has 4 heteroatoms. The van der Waals surface area contributed by atoms with Crippen LogP contribution < -0.4 is 5.32 Å². The predicted octanol–water partition coefficient (Wildman–Crippen LogP) is 3.47. The number of benzene rings is 1. The second-order valence-electron chi connectivity index (χ2n) is 4.78. The minimum absolute atomic E-state index is 0.596. The van der Waals surface area contributed by atoms with E-state index in [1.807, 2.05) is 6.07 Å². The molecule has 18 heavy (non-hydrogen) atoms. The van der Waals surface area contributed by atoms with Gasteiger partial charge in [-0.3, -0.25) is 0 Å². The van der Waals surface area contributed by atoms with Gasteiger partial charge in [0.2, 0.25) is 0 Å². The van der Waals surface area contributed by atoms with Gasteiger partial charge in [0.05, 0.1) is 12.7 Å². The first-order chi connectivity index (χ1) is 8.81. The fourth-order valence-corrected chi connectivity index (χ4v) is 2.81. The molecule has 0 radical (unpaired) electrons. The molecule has 1 fully saturated rings. The van der Waals surface area contributed by atoms with E-state index in [4.69, 9.17) is 4.52 Å². The van der Waals surface area contributed by atoms with Crippen LogP contribution in [0.1, 0.15) is 30.1 Å². The van der Waals surface area contributed by atoms with Crippen molar-refractivity contribution in [1.82, 2.24) is 10.5 Å². The lowest BCUT2D eigenvalue weighted by Crippen LogP contribution is -2.39. The molecule has 1 aliphatic rings. The number of aromatic nitrogens is 1. The molecule has 2 aromatic rings. The standard InChI is InChI=1S/C14H15BrN2O/c15-12-3-1-2-10(6-12)11-7-13(8-11)16-9-14-4-5-17-18-14/h1-6,11,13,16H,7-9H2. The molecule has 0 aliphatic heterocycles. The smallest absolute Gasteiger partial charge is 0.150 e. The van der Waals surface area contributed by atoms with Crippen LogP contribution >= 0.6 is 15.9 Å². The quantitative estimate of drug-likeness (QED) is 0.940. The second kappa shape index (κ2) is 5.24. The van der Waals surface area contributed by atoms with Gasteiger partial charge in [0.25, 0.3) is 0 Å². The van der Waals surface area contributed by atoms with Crippen molar-refractivity contribution in [3.8, 4) is 0 Å². The molecular formula is C14H15BrN2O. The third-order valence-corrected chi connectivity index (χ3v) is 4.01. The van der Waals surface area contributed by atoms with Crippen molar-refractivity contribution in [3.05, 3.63) is 52.3 Å². The van der Waals surface area contributed by atoms with Gasteiger partial charge in [-0.05, 0) is 36.5 Å². The molecule has 0 spiro atoms. The zero-order valence-electron chi connectivity index (χ0n) is 9.97. The third-order valence-electron chi connectivity index (χ3n) is 3.51. The summed E-state index contributed by atoms with van der Waals surface area (Å²) < 4.78 is 6.23. The average Bonchev–Trinajstić information content (AvgIpc) is 2.80. The fourth-order valence-electron chi connectivity index (χ4n) is 2.40. The molecule has 1 aromatic heterocycles. The number of halogens is 1. The average molecular weight is 307 g/mol. The van der Waals surface area contributed by atoms with Gasteiger partial charge < -0.3 is 9.84 Å². The van der Waals surface area contributed by atoms with Crippen LogP contribution in [-0.4, -0.2) is 11.2 Å². The van der Waals surface area contributed by atoms with Gasteiger partial charge in [0.15, 0.2) is 0 Å². The Balaban J connectivity index is 1.48. The Labute approximate surface area is 115 Å². The molecule has 1 heterocycles. The van der Waals surface area contributed by atoms with E-state index < -0.39 is 0 Å². The summed E-state index contributed by atoms with van der Waals surface area (Å²) in [5.41, 5.74) is 1.43. The molecule has 3 nitrogen and oxygen atoms in total. The molecular weight excluding hydrogens is 292 g/mol. The summed E-state index contributed by atoms with van der Waals surface area (Å²) in [6.07, 6.45) is 4.08. The molecule has 0 saturated heterocycles. The topological polar surface area (TPSA) is 38.1 Å². The Morgan fingerprint density at radius 2 is 2.22 bits per heavy atom. The van der Waals surface area contributed by atoms with E-state index in [0.29, 0.717) is 12.0 Å². The first-order valence-corrected chi connectivity index (χ1v) is 6.99. The Morgan fingerprint density at radius 1 is 1.33 bits per heavy atom. The van der Waals surface area contributed by atoms with E-state index in [1.165, 1.54) is 18.4 Å². The normalized spacial score (nSPS) is 22.7. The van der Waals surface area contributed by atoms with E-state index in [0.717, 1.165) is 16.8 Å². The lowest BCUT2D eigenvalue weighted by atomic mass is 9.76. The van der Waals surface area contributed by atoms with Crippen LogP contribution in [-0.2, 0) is 6.54 Å². The number of hydrogen-bond acceptors (Lipinski definition) is 3. The van der Waals surface area contributed by atoms with E-state index in [2.05, 4.69) is 50.7 Å². The molecule has 1 N–H and O–H groups in total. The zero-order valence-corrected chi connectivity index (χ0v) is 11.6. The van der Waals surface area contributed by atoms with E-state index in [9.17, 15) is 0 Å². The van der Waals surface area contributed by atoms with Gasteiger partial charge >= 0.3 is 0 Å². The number of nitrogens with zero attached hydrogens (tertiary/aromatic N) is 1. The highest BCUT2D eigenvalue weighted by Crippen LogP contribution is 2.37. The van der Waals surface area contributed by atoms with Gasteiger partial charge in [-0.25, -0.2) is 0 Å². The molecule has 1 aromatic carbocycles. The number of hydrogen-bond donors (Lipinski definition) is 1. The van der Waals surface area contributed by atoms with Gasteiger partial charge in [0, 0.05) is 16.6 Å². The van der Waals surface area contributed by atoms with Crippen molar-refractivity contribution in [2.75, 3.05) is 0 Å². The van der Waals surface area contributed by atoms with Crippen LogP contribution in [0.25, 0.3) is 0 Å². The lowest BCUT2D eigenvalue weighted by Gasteiger charge is -2.36. The summed E-state index contributed by atoms with van der Waals surface area (Å²) in [6, 6.07) is 11.1. The minimum Gasteiger partial charge on any atom is -0.360 e. The fraction of sp³-hybridized carbons (Fsp3) is 0.357. The van der Waals surface area contributed by atoms with Crippen LogP contribution in [0.5, 0.6) is 0 Å². The molecule has 1 saturated carbocycles. The van der Waals surface area contributed by atoms with Crippen LogP contribution in [0, 0.1) is 0 Å². The van der Waals surface area contributed by atoms with Crippen molar-refractivity contribution >= 4 is 15.9 Å². The van der Waals surface area contributed by atoms with Gasteiger partial charge in [-0.15, -0.1) is 0 Å². The second-order valence-corrected chi connectivity index (χ2v) is 5.70. The number of nitrogens with one attached hydrogen (secondary N) is 1. The van der Waals surface area contributed by atoms with Crippen LogP contribution in [0.15, 0.2) is 45.5 Å². The molecule has 3 rings (SSSR count). The molecule has 0 unspecified atom stereocenters. The van der Waals surface area contributed by atoms with Crippen molar-refractivity contribution in [2.45, 2.75) is 31.3 Å². The van der Waals surface area contributed by atoms with Crippen LogP contribution in [0.4, 0.5) is 0 Å². The molecule has 0 atom stereocenters. The minimum atomic E-state index is 0.596. The van der Waals surface area contributed by atoms with Crippen molar-refractivity contribution < 1.29 is 4.52 Å². The highest BCUT2D eigenvalue weighted by molar-refractivity contribution is 9.10. The predicted molar refractivity (Wildman–Crippen MR) is 73.2 cm³/mol. The Morgan fingerprint density at radius 3 is 2.94 bits per heavy atom. The van der Waals surface area contributed by atoms with Gasteiger partial charge in [0.1, 0.15) is 5.76 Å². The SMILES string of the molecule is Brc1cccc(C2CC(NCc3ccno3)C2)c1. The maximum Gasteiger partial charge on any atom is 0.150 e. The van der Waals surface area contributed by atoms with Gasteiger partial charge in [-0.2, -0.15) is 0 Å². The Bertz CT molecular complexity index is 506. The molecule has 1 aliphatic carbocycles. The van der Waals surface area contributed by atoms with Crippen molar-refractivity contribution in [2.24, 2.45) is 0 Å². The highest BCUT2D eigenvalue weighted by atomic mass is 79.9. The summed E-state index contributed by atoms with van der Waals surface area (Å²) in [5, 5.41) is 7.19. The van der Waals surface area contributed by atoms with Crippen LogP contribution in [0.2, 0.25) is 0 Å². The zero-order chi connectivity index (χ0) is 12.4. The summed E-state index contributed by atoms with van der Waals surface area (Å²) in [7, 11) is 0. The number of rotatable bonds is 4. The largest absolute Gasteiger partial charge is 0.360 e. The monoisotopic (exact) mass is 306 g/mol. The molecule has 94 valence electrons. The molecule has 0 bridgehead atoms. The summed E-state index contributed by atoms with van der Waals surface area (Å²) in [4.78, 5) is 0. The van der Waals surface area contributed by atoms with Crippen molar-refractivity contribution in [1.29, 1.82) is 0 Å². The molecule has 0 amide bonds. The van der Waals surface area contributed by atoms with Gasteiger partial charge in [-0.1, -0.05) is 33.2 Å². The summed E-state index contributed by atoms with van der Waals surface area (Å²) in [5.74, 6) is 1.59. The van der Waals surface area contributed by atoms with Crippen LogP contribution in [0.3, 0.4) is 0 Å². The summed E-state index contributed by atoms with van der Waals surface area (Å²) in [6.45, 7) is 0.774. The van der Waals surface area contributed by atoms with Crippen molar-refractivity contribution in [3.63, 3.8) is 0 Å². The highest BCUT2D eigenvalue weighted by Gasteiger charge is 2.29. The Hall–Kier alpha value is -1.13.